The van der Waals surface area contributed by atoms with E-state index in [4.69, 9.17) is 17.0 Å². The van der Waals surface area contributed by atoms with Crippen LogP contribution in [0.1, 0.15) is 33.6 Å². The molecule has 0 heterocycles. The van der Waals surface area contributed by atoms with Crippen LogP contribution in [0, 0.1) is 11.8 Å². The normalized spacial score (nSPS) is 23.3. The van der Waals surface area contributed by atoms with Crippen molar-refractivity contribution in [2.45, 2.75) is 33.6 Å². The quantitative estimate of drug-likeness (QED) is 0.692. The van der Waals surface area contributed by atoms with Crippen molar-refractivity contribution in [1.82, 2.24) is 0 Å². The third kappa shape index (κ3) is 3.74. The Morgan fingerprint density at radius 1 is 1.73 bits per heavy atom. The summed E-state index contributed by atoms with van der Waals surface area (Å²) < 4.78 is 5.32. The van der Waals surface area contributed by atoms with E-state index in [-0.39, 0.29) is 5.78 Å². The van der Waals surface area contributed by atoms with Crippen molar-refractivity contribution in [2.24, 2.45) is 11.8 Å². The molecule has 0 amide bonds. The van der Waals surface area contributed by atoms with Crippen LogP contribution in [0.5, 0.6) is 0 Å². The Morgan fingerprint density at radius 2 is 2.40 bits per heavy atom. The zero-order valence-electron chi connectivity index (χ0n) is 9.58. The first-order chi connectivity index (χ1) is 7.00. The van der Waals surface area contributed by atoms with Gasteiger partial charge in [0, 0.05) is 13.3 Å². The summed E-state index contributed by atoms with van der Waals surface area (Å²) in [4.78, 5) is 11.5. The molecule has 1 unspecified atom stereocenters. The molecule has 0 bridgehead atoms. The van der Waals surface area contributed by atoms with Gasteiger partial charge in [-0.1, -0.05) is 13.0 Å². The van der Waals surface area contributed by atoms with E-state index >= 15 is 0 Å². The summed E-state index contributed by atoms with van der Waals surface area (Å²) in [5.41, 5.74) is 0.908. The molecule has 0 radical (unpaired) electrons. The van der Waals surface area contributed by atoms with E-state index < -0.39 is 0 Å². The van der Waals surface area contributed by atoms with Crippen LogP contribution in [0.2, 0.25) is 0 Å². The molecule has 0 saturated carbocycles. The average molecular weight is 226 g/mol. The number of thiocarbonyl (C=S) groups is 1. The van der Waals surface area contributed by atoms with Gasteiger partial charge in [-0.05, 0) is 43.0 Å². The lowest BCUT2D eigenvalue weighted by molar-refractivity contribution is -0.117. The van der Waals surface area contributed by atoms with Gasteiger partial charge in [-0.3, -0.25) is 4.79 Å². The van der Waals surface area contributed by atoms with Gasteiger partial charge >= 0.3 is 0 Å². The van der Waals surface area contributed by atoms with Gasteiger partial charge in [0.1, 0.15) is 0 Å². The van der Waals surface area contributed by atoms with Crippen molar-refractivity contribution in [3.05, 3.63) is 11.6 Å². The van der Waals surface area contributed by atoms with E-state index in [9.17, 15) is 4.79 Å². The zero-order valence-corrected chi connectivity index (χ0v) is 10.4. The van der Waals surface area contributed by atoms with Gasteiger partial charge in [0.25, 0.3) is 0 Å². The van der Waals surface area contributed by atoms with Gasteiger partial charge < -0.3 is 4.74 Å². The van der Waals surface area contributed by atoms with Gasteiger partial charge in [-0.25, -0.2) is 0 Å². The molecule has 0 aromatic rings. The lowest BCUT2D eigenvalue weighted by Crippen LogP contribution is -2.24. The highest BCUT2D eigenvalue weighted by Gasteiger charge is 2.24. The standard InChI is InChI=1S/C12H18O2S/c1-8-4-5-11(6-12(8)13)9(2)7-14-10(3)15/h4,9,11H,5-7H2,1-3H3/t9?,11-/m0/s1. The molecule has 0 spiro atoms. The number of hydrogen-bond donors (Lipinski definition) is 0. The van der Waals surface area contributed by atoms with Crippen LogP contribution < -0.4 is 0 Å². The second-order valence-electron chi connectivity index (χ2n) is 4.29. The van der Waals surface area contributed by atoms with E-state index in [1.54, 1.807) is 6.92 Å². The smallest absolute Gasteiger partial charge is 0.158 e. The Kier molecular flexibility index (Phi) is 4.45. The predicted molar refractivity (Wildman–Crippen MR) is 64.9 cm³/mol. The first-order valence-corrected chi connectivity index (χ1v) is 5.75. The number of hydrogen-bond acceptors (Lipinski definition) is 3. The minimum atomic E-state index is 0.275. The predicted octanol–water partition coefficient (Wildman–Crippen LogP) is 2.91. The van der Waals surface area contributed by atoms with Crippen LogP contribution in [0.25, 0.3) is 0 Å². The molecule has 0 aliphatic heterocycles. The number of ether oxygens (including phenoxy) is 1. The van der Waals surface area contributed by atoms with E-state index in [1.807, 2.05) is 13.0 Å². The van der Waals surface area contributed by atoms with Gasteiger partial charge in [0.2, 0.25) is 0 Å². The maximum absolute atomic E-state index is 11.5. The zero-order chi connectivity index (χ0) is 11.4. The van der Waals surface area contributed by atoms with E-state index in [0.29, 0.717) is 29.9 Å². The molecule has 0 N–H and O–H groups in total. The Bertz CT molecular complexity index is 294. The molecule has 1 aliphatic rings. The Balaban J connectivity index is 2.45. The summed E-state index contributed by atoms with van der Waals surface area (Å²) >= 11 is 4.86. The molecule has 1 aliphatic carbocycles. The summed E-state index contributed by atoms with van der Waals surface area (Å²) in [7, 11) is 0. The van der Waals surface area contributed by atoms with Crippen LogP contribution in [-0.4, -0.2) is 17.4 Å². The van der Waals surface area contributed by atoms with Crippen LogP contribution in [-0.2, 0) is 9.53 Å². The molecule has 84 valence electrons. The highest BCUT2D eigenvalue weighted by Crippen LogP contribution is 2.27. The second kappa shape index (κ2) is 5.40. The summed E-state index contributed by atoms with van der Waals surface area (Å²) in [6, 6.07) is 0. The van der Waals surface area contributed by atoms with Crippen LogP contribution in [0.3, 0.4) is 0 Å². The summed E-state index contributed by atoms with van der Waals surface area (Å²) in [6.45, 7) is 6.41. The molecule has 1 rings (SSSR count). The van der Waals surface area contributed by atoms with Crippen LogP contribution >= 0.6 is 12.2 Å². The molecular weight excluding hydrogens is 208 g/mol. The number of carbonyl (C=O) groups is 1. The molecule has 0 fully saturated rings. The Hall–Kier alpha value is -0.700. The van der Waals surface area contributed by atoms with E-state index in [1.165, 1.54) is 0 Å². The lowest BCUT2D eigenvalue weighted by atomic mass is 9.81. The summed E-state index contributed by atoms with van der Waals surface area (Å²) in [6.07, 6.45) is 3.68. The third-order valence-corrected chi connectivity index (χ3v) is 3.09. The first kappa shape index (κ1) is 12.4. The number of carbonyl (C=O) groups excluding carboxylic acids is 1. The Labute approximate surface area is 96.7 Å². The molecule has 3 heteroatoms. The van der Waals surface area contributed by atoms with Gasteiger partial charge in [0.15, 0.2) is 10.8 Å². The maximum Gasteiger partial charge on any atom is 0.158 e. The minimum absolute atomic E-state index is 0.275. The van der Waals surface area contributed by atoms with Crippen molar-refractivity contribution < 1.29 is 9.53 Å². The molecule has 2 nitrogen and oxygen atoms in total. The fourth-order valence-electron chi connectivity index (χ4n) is 1.74. The lowest BCUT2D eigenvalue weighted by Gasteiger charge is -2.25. The van der Waals surface area contributed by atoms with Crippen molar-refractivity contribution in [3.63, 3.8) is 0 Å². The number of Topliss-reactive ketones (excluding diaryl/α,β-unsaturated/α-hetero) is 1. The molecule has 2 atom stereocenters. The maximum atomic E-state index is 11.5. The highest BCUT2D eigenvalue weighted by atomic mass is 32.1. The van der Waals surface area contributed by atoms with Crippen LogP contribution in [0.15, 0.2) is 11.6 Å². The Morgan fingerprint density at radius 3 is 2.93 bits per heavy atom. The van der Waals surface area contributed by atoms with Crippen LogP contribution in [0.4, 0.5) is 0 Å². The van der Waals surface area contributed by atoms with Gasteiger partial charge in [-0.2, -0.15) is 0 Å². The fourth-order valence-corrected chi connectivity index (χ4v) is 1.81. The average Bonchev–Trinajstić information content (AvgIpc) is 2.18. The summed E-state index contributed by atoms with van der Waals surface area (Å²) in [5, 5.41) is 0.579. The second-order valence-corrected chi connectivity index (χ2v) is 4.87. The molecule has 0 aromatic carbocycles. The topological polar surface area (TPSA) is 26.3 Å². The molecule has 0 aromatic heterocycles. The van der Waals surface area contributed by atoms with Crippen molar-refractivity contribution in [1.29, 1.82) is 0 Å². The summed E-state index contributed by atoms with van der Waals surface area (Å²) in [5.74, 6) is 1.07. The van der Waals surface area contributed by atoms with Crippen molar-refractivity contribution >= 4 is 23.1 Å². The number of allylic oxidation sites excluding steroid dienone is 2. The van der Waals surface area contributed by atoms with Gasteiger partial charge in [-0.15, -0.1) is 0 Å². The van der Waals surface area contributed by atoms with E-state index in [2.05, 4.69) is 6.92 Å². The SMILES string of the molecule is CC(=S)OCC(C)[C@H]1CC=C(C)C(=O)C1. The third-order valence-electron chi connectivity index (χ3n) is 2.97. The molecular formula is C12H18O2S. The fraction of sp³-hybridized carbons (Fsp3) is 0.667. The monoisotopic (exact) mass is 226 g/mol. The van der Waals surface area contributed by atoms with Crippen molar-refractivity contribution in [2.75, 3.05) is 6.61 Å². The van der Waals surface area contributed by atoms with Gasteiger partial charge in [0.05, 0.1) is 6.61 Å². The first-order valence-electron chi connectivity index (χ1n) is 5.34. The van der Waals surface area contributed by atoms with Crippen molar-refractivity contribution in [3.8, 4) is 0 Å². The number of ketones is 1. The molecule has 0 saturated heterocycles. The molecule has 15 heavy (non-hydrogen) atoms. The highest BCUT2D eigenvalue weighted by molar-refractivity contribution is 7.80. The minimum Gasteiger partial charge on any atom is -0.487 e. The largest absolute Gasteiger partial charge is 0.487 e. The number of rotatable bonds is 3. The van der Waals surface area contributed by atoms with E-state index in [0.717, 1.165) is 12.0 Å².